The normalized spacial score (nSPS) is 16.4. The molecule has 0 heterocycles. The van der Waals surface area contributed by atoms with Crippen LogP contribution in [0.3, 0.4) is 0 Å². The monoisotopic (exact) mass is 499 g/mol. The standard InChI is InChI=1S/C29H29N3O5/c1-3-31-37-29(33)27-16-26(27)22-10-14-25(15-11-22)35-18-21-6-12-24(13-7-21)36-19-28(32-34-2)23-8-4-20(17-30)5-9-23/h4-15,26-27,31H,3,16,18-19H2,1-2H3/b32-28+. The molecule has 3 aromatic rings. The van der Waals surface area contributed by atoms with E-state index in [-0.39, 0.29) is 24.4 Å². The van der Waals surface area contributed by atoms with Gasteiger partial charge in [-0.3, -0.25) is 4.79 Å². The summed E-state index contributed by atoms with van der Waals surface area (Å²) in [6.07, 6.45) is 0.811. The third kappa shape index (κ3) is 7.09. The van der Waals surface area contributed by atoms with Gasteiger partial charge in [0.1, 0.15) is 37.5 Å². The number of ether oxygens (including phenoxy) is 2. The van der Waals surface area contributed by atoms with Crippen LogP contribution in [0.4, 0.5) is 0 Å². The van der Waals surface area contributed by atoms with Gasteiger partial charge >= 0.3 is 5.97 Å². The third-order valence-electron chi connectivity index (χ3n) is 5.97. The van der Waals surface area contributed by atoms with Gasteiger partial charge in [0.15, 0.2) is 0 Å². The lowest BCUT2D eigenvalue weighted by atomic mass is 10.1. The maximum atomic E-state index is 11.9. The topological polar surface area (TPSA) is 102 Å². The molecule has 0 aromatic heterocycles. The minimum absolute atomic E-state index is 0.0764. The maximum absolute atomic E-state index is 11.9. The first kappa shape index (κ1) is 25.7. The number of nitrogens with one attached hydrogen (secondary N) is 1. The Bertz CT molecular complexity index is 1250. The fraction of sp³-hybridized carbons (Fsp3) is 0.276. The average molecular weight is 500 g/mol. The fourth-order valence-corrected chi connectivity index (χ4v) is 3.86. The Kier molecular flexibility index (Phi) is 8.74. The predicted octanol–water partition coefficient (Wildman–Crippen LogP) is 4.74. The number of nitrogens with zero attached hydrogens (tertiary/aromatic N) is 2. The highest BCUT2D eigenvalue weighted by atomic mass is 16.7. The van der Waals surface area contributed by atoms with Gasteiger partial charge in [0.2, 0.25) is 0 Å². The minimum Gasteiger partial charge on any atom is -0.489 e. The molecular weight excluding hydrogens is 470 g/mol. The Hall–Kier alpha value is -4.35. The molecule has 0 saturated heterocycles. The lowest BCUT2D eigenvalue weighted by Gasteiger charge is -2.10. The van der Waals surface area contributed by atoms with Crippen LogP contribution in [-0.2, 0) is 21.1 Å². The summed E-state index contributed by atoms with van der Waals surface area (Å²) in [5.41, 5.74) is 6.75. The van der Waals surface area contributed by atoms with Gasteiger partial charge in [-0.25, -0.2) is 0 Å². The second-order valence-electron chi connectivity index (χ2n) is 8.57. The zero-order valence-electron chi connectivity index (χ0n) is 20.8. The van der Waals surface area contributed by atoms with Gasteiger partial charge in [-0.2, -0.15) is 10.7 Å². The molecule has 0 amide bonds. The number of rotatable bonds is 12. The van der Waals surface area contributed by atoms with E-state index in [4.69, 9.17) is 24.4 Å². The molecule has 1 saturated carbocycles. The number of hydrogen-bond donors (Lipinski definition) is 1. The first-order chi connectivity index (χ1) is 18.1. The third-order valence-corrected chi connectivity index (χ3v) is 5.97. The number of hydrogen-bond acceptors (Lipinski definition) is 8. The number of benzene rings is 3. The zero-order valence-corrected chi connectivity index (χ0v) is 20.8. The molecule has 37 heavy (non-hydrogen) atoms. The molecule has 1 aliphatic carbocycles. The summed E-state index contributed by atoms with van der Waals surface area (Å²) in [6, 6.07) is 24.7. The van der Waals surface area contributed by atoms with Crippen molar-refractivity contribution in [2.24, 2.45) is 11.1 Å². The van der Waals surface area contributed by atoms with Crippen molar-refractivity contribution in [3.63, 3.8) is 0 Å². The quantitative estimate of drug-likeness (QED) is 0.284. The molecule has 2 unspecified atom stereocenters. The van der Waals surface area contributed by atoms with Crippen LogP contribution in [0.1, 0.15) is 41.5 Å². The Morgan fingerprint density at radius 2 is 1.68 bits per heavy atom. The van der Waals surface area contributed by atoms with Gasteiger partial charge in [0, 0.05) is 12.1 Å². The van der Waals surface area contributed by atoms with Crippen LogP contribution in [0.2, 0.25) is 0 Å². The highest BCUT2D eigenvalue weighted by Gasteiger charge is 2.45. The number of hydroxylamine groups is 1. The van der Waals surface area contributed by atoms with Crippen LogP contribution < -0.4 is 15.0 Å². The van der Waals surface area contributed by atoms with Crippen molar-refractivity contribution in [1.82, 2.24) is 5.48 Å². The second kappa shape index (κ2) is 12.6. The van der Waals surface area contributed by atoms with E-state index < -0.39 is 0 Å². The van der Waals surface area contributed by atoms with E-state index in [0.29, 0.717) is 30.2 Å². The molecule has 1 fully saturated rings. The van der Waals surface area contributed by atoms with E-state index in [1.165, 1.54) is 7.11 Å². The molecule has 1 N–H and O–H groups in total. The van der Waals surface area contributed by atoms with Crippen LogP contribution in [0.5, 0.6) is 11.5 Å². The smallest absolute Gasteiger partial charge is 0.328 e. The molecule has 190 valence electrons. The highest BCUT2D eigenvalue weighted by Crippen LogP contribution is 2.48. The zero-order chi connectivity index (χ0) is 26.0. The molecule has 8 heteroatoms. The van der Waals surface area contributed by atoms with E-state index >= 15 is 0 Å². The lowest BCUT2D eigenvalue weighted by Crippen LogP contribution is -2.20. The molecule has 0 spiro atoms. The van der Waals surface area contributed by atoms with Gasteiger partial charge in [-0.05, 0) is 66.8 Å². The Morgan fingerprint density at radius 3 is 2.32 bits per heavy atom. The summed E-state index contributed by atoms with van der Waals surface area (Å²) in [6.45, 7) is 3.11. The molecular formula is C29H29N3O5. The number of carbonyl (C=O) groups is 1. The van der Waals surface area contributed by atoms with E-state index in [2.05, 4.69) is 16.7 Å². The minimum atomic E-state index is -0.198. The SMILES string of the molecule is CCNOC(=O)C1CC1c1ccc(OCc2ccc(OC/C(=N\OC)c3ccc(C#N)cc3)cc2)cc1. The van der Waals surface area contributed by atoms with E-state index in [0.717, 1.165) is 28.9 Å². The summed E-state index contributed by atoms with van der Waals surface area (Å²) in [4.78, 5) is 21.9. The Morgan fingerprint density at radius 1 is 1.00 bits per heavy atom. The molecule has 3 aromatic carbocycles. The Labute approximate surface area is 216 Å². The number of nitriles is 1. The summed E-state index contributed by atoms with van der Waals surface area (Å²) < 4.78 is 11.8. The van der Waals surface area contributed by atoms with Crippen molar-refractivity contribution in [1.29, 1.82) is 5.26 Å². The van der Waals surface area contributed by atoms with Crippen molar-refractivity contribution in [3.05, 3.63) is 95.1 Å². The summed E-state index contributed by atoms with van der Waals surface area (Å²) in [5.74, 6) is 1.39. The van der Waals surface area contributed by atoms with Crippen LogP contribution in [0, 0.1) is 17.2 Å². The molecule has 0 bridgehead atoms. The fourth-order valence-electron chi connectivity index (χ4n) is 3.86. The van der Waals surface area contributed by atoms with Gasteiger partial charge < -0.3 is 19.1 Å². The summed E-state index contributed by atoms with van der Waals surface area (Å²) in [5, 5.41) is 13.0. The van der Waals surface area contributed by atoms with E-state index in [9.17, 15) is 4.79 Å². The number of oxime groups is 1. The first-order valence-corrected chi connectivity index (χ1v) is 12.1. The van der Waals surface area contributed by atoms with Crippen molar-refractivity contribution < 1.29 is 23.9 Å². The molecule has 1 aliphatic rings. The van der Waals surface area contributed by atoms with E-state index in [1.807, 2.05) is 67.6 Å². The van der Waals surface area contributed by atoms with Crippen LogP contribution >= 0.6 is 0 Å². The van der Waals surface area contributed by atoms with Crippen molar-refractivity contribution in [2.75, 3.05) is 20.3 Å². The summed E-state index contributed by atoms with van der Waals surface area (Å²) in [7, 11) is 1.48. The Balaban J connectivity index is 1.25. The average Bonchev–Trinajstić information content (AvgIpc) is 3.75. The molecule has 0 aliphatic heterocycles. The first-order valence-electron chi connectivity index (χ1n) is 12.1. The second-order valence-corrected chi connectivity index (χ2v) is 8.57. The van der Waals surface area contributed by atoms with Crippen molar-refractivity contribution in [3.8, 4) is 17.6 Å². The molecule has 2 atom stereocenters. The van der Waals surface area contributed by atoms with Crippen LogP contribution in [0.15, 0.2) is 78.0 Å². The largest absolute Gasteiger partial charge is 0.489 e. The van der Waals surface area contributed by atoms with Crippen LogP contribution in [0.25, 0.3) is 0 Å². The number of carbonyl (C=O) groups excluding carboxylic acids is 1. The van der Waals surface area contributed by atoms with Crippen LogP contribution in [-0.4, -0.2) is 31.9 Å². The lowest BCUT2D eigenvalue weighted by molar-refractivity contribution is -0.152. The van der Waals surface area contributed by atoms with Gasteiger partial charge in [-0.1, -0.05) is 41.6 Å². The highest BCUT2D eigenvalue weighted by molar-refractivity contribution is 6.01. The van der Waals surface area contributed by atoms with Crippen molar-refractivity contribution in [2.45, 2.75) is 25.9 Å². The van der Waals surface area contributed by atoms with Gasteiger partial charge in [-0.15, -0.1) is 0 Å². The van der Waals surface area contributed by atoms with Gasteiger partial charge in [0.25, 0.3) is 0 Å². The molecule has 8 nitrogen and oxygen atoms in total. The maximum Gasteiger partial charge on any atom is 0.328 e. The summed E-state index contributed by atoms with van der Waals surface area (Å²) >= 11 is 0. The van der Waals surface area contributed by atoms with E-state index in [1.54, 1.807) is 12.1 Å². The predicted molar refractivity (Wildman–Crippen MR) is 138 cm³/mol. The molecule has 0 radical (unpaired) electrons. The molecule has 4 rings (SSSR count). The van der Waals surface area contributed by atoms with Gasteiger partial charge in [0.05, 0.1) is 17.6 Å². The van der Waals surface area contributed by atoms with Crippen molar-refractivity contribution >= 4 is 11.7 Å².